The molecule has 1 aromatic heterocycles. The summed E-state index contributed by atoms with van der Waals surface area (Å²) in [5.74, 6) is 5.79. The second kappa shape index (κ2) is 10.6. The van der Waals surface area contributed by atoms with Crippen LogP contribution in [-0.2, 0) is 0 Å². The summed E-state index contributed by atoms with van der Waals surface area (Å²) in [6.07, 6.45) is 4.32. The van der Waals surface area contributed by atoms with Gasteiger partial charge in [0.2, 0.25) is 0 Å². The van der Waals surface area contributed by atoms with E-state index in [0.717, 1.165) is 37.6 Å². The van der Waals surface area contributed by atoms with Gasteiger partial charge < -0.3 is 10.0 Å². The molecule has 1 aliphatic rings. The Morgan fingerprint density at radius 1 is 1.14 bits per heavy atom. The van der Waals surface area contributed by atoms with E-state index in [0.29, 0.717) is 4.88 Å². The summed E-state index contributed by atoms with van der Waals surface area (Å²) in [7, 11) is 0. The smallest absolute Gasteiger partial charge is 0.264 e. The Bertz CT molecular complexity index is 883. The summed E-state index contributed by atoms with van der Waals surface area (Å²) >= 11 is 1.39. The van der Waals surface area contributed by atoms with Crippen molar-refractivity contribution in [3.05, 3.63) is 63.9 Å². The molecule has 1 saturated heterocycles. The van der Waals surface area contributed by atoms with Crippen LogP contribution in [0.2, 0.25) is 0 Å². The molecular weight excluding hydrogens is 404 g/mol. The fourth-order valence-electron chi connectivity index (χ4n) is 2.93. The lowest BCUT2D eigenvalue weighted by molar-refractivity contribution is 0.0655. The van der Waals surface area contributed by atoms with Crippen LogP contribution in [0.15, 0.2) is 48.5 Å². The Morgan fingerprint density at radius 2 is 1.83 bits per heavy atom. The molecular formula is C23H27ClN2O2S. The highest BCUT2D eigenvalue weighted by molar-refractivity contribution is 7.14. The average Bonchev–Trinajstić information content (AvgIpc) is 3.16. The van der Waals surface area contributed by atoms with Gasteiger partial charge in [-0.2, -0.15) is 0 Å². The molecule has 0 atom stereocenters. The summed E-state index contributed by atoms with van der Waals surface area (Å²) in [6, 6.07) is 14.0. The largest absolute Gasteiger partial charge is 0.378 e. The van der Waals surface area contributed by atoms with Crippen LogP contribution in [0.1, 0.15) is 34.0 Å². The van der Waals surface area contributed by atoms with E-state index in [4.69, 9.17) is 0 Å². The number of hydrogen-bond donors (Lipinski definition) is 1. The first kappa shape index (κ1) is 23.2. The Kier molecular flexibility index (Phi) is 8.48. The van der Waals surface area contributed by atoms with Crippen LogP contribution in [0.3, 0.4) is 0 Å². The number of rotatable bonds is 4. The van der Waals surface area contributed by atoms with Gasteiger partial charge in [-0.1, -0.05) is 54.3 Å². The Balaban J connectivity index is 0.00000300. The molecule has 154 valence electrons. The zero-order valence-electron chi connectivity index (χ0n) is 16.8. The molecule has 1 N–H and O–H groups in total. The molecule has 2 aromatic rings. The number of carbonyl (C=O) groups excluding carboxylic acids is 1. The van der Waals surface area contributed by atoms with Gasteiger partial charge >= 0.3 is 0 Å². The van der Waals surface area contributed by atoms with Gasteiger partial charge in [-0.05, 0) is 31.5 Å². The molecule has 4 nitrogen and oxygen atoms in total. The molecule has 1 aliphatic heterocycles. The van der Waals surface area contributed by atoms with Gasteiger partial charge in [-0.25, -0.2) is 0 Å². The minimum absolute atomic E-state index is 0. The van der Waals surface area contributed by atoms with Gasteiger partial charge in [0.15, 0.2) is 0 Å². The predicted octanol–water partition coefficient (Wildman–Crippen LogP) is 3.76. The lowest BCUT2D eigenvalue weighted by atomic mass is 10.1. The van der Waals surface area contributed by atoms with Crippen LogP contribution in [0.5, 0.6) is 0 Å². The number of halogens is 1. The second-order valence-electron chi connectivity index (χ2n) is 7.38. The highest BCUT2D eigenvalue weighted by Crippen LogP contribution is 2.19. The van der Waals surface area contributed by atoms with E-state index in [-0.39, 0.29) is 18.3 Å². The lowest BCUT2D eigenvalue weighted by Crippen LogP contribution is -2.48. The third-order valence-electron chi connectivity index (χ3n) is 4.44. The van der Waals surface area contributed by atoms with E-state index >= 15 is 0 Å². The maximum Gasteiger partial charge on any atom is 0.264 e. The number of amides is 1. The van der Waals surface area contributed by atoms with Crippen molar-refractivity contribution in [2.45, 2.75) is 19.4 Å². The molecule has 0 radical (unpaired) electrons. The van der Waals surface area contributed by atoms with Crippen LogP contribution in [0, 0.1) is 11.8 Å². The summed E-state index contributed by atoms with van der Waals surface area (Å²) in [5, 5.41) is 9.70. The van der Waals surface area contributed by atoms with Crippen molar-refractivity contribution < 1.29 is 9.90 Å². The van der Waals surface area contributed by atoms with E-state index < -0.39 is 5.60 Å². The first-order chi connectivity index (χ1) is 13.4. The van der Waals surface area contributed by atoms with Crippen molar-refractivity contribution in [3.63, 3.8) is 0 Å². The van der Waals surface area contributed by atoms with Crippen LogP contribution in [0.25, 0.3) is 6.08 Å². The molecule has 0 saturated carbocycles. The quantitative estimate of drug-likeness (QED) is 0.751. The van der Waals surface area contributed by atoms with Gasteiger partial charge in [-0.3, -0.25) is 9.69 Å². The maximum absolute atomic E-state index is 12.7. The normalized spacial score (nSPS) is 14.9. The zero-order valence-corrected chi connectivity index (χ0v) is 18.4. The summed E-state index contributed by atoms with van der Waals surface area (Å²) in [4.78, 5) is 18.5. The minimum atomic E-state index is -1.03. The molecule has 2 heterocycles. The van der Waals surface area contributed by atoms with Crippen LogP contribution < -0.4 is 0 Å². The summed E-state index contributed by atoms with van der Waals surface area (Å²) in [5.41, 5.74) is 0.178. The lowest BCUT2D eigenvalue weighted by Gasteiger charge is -2.33. The van der Waals surface area contributed by atoms with Gasteiger partial charge in [0.25, 0.3) is 5.91 Å². The standard InChI is InChI=1S/C23H26N2O2S.ClH/c1-23(2,27)13-12-20-10-11-21(28-20)22(26)25-17-15-24(16-18-25)14-6-9-19-7-4-3-5-8-19;/h3-11,27H,14-18H2,1-2H3;1H/b9-6+;. The first-order valence-corrected chi connectivity index (χ1v) is 10.3. The Labute approximate surface area is 183 Å². The molecule has 0 bridgehead atoms. The van der Waals surface area contributed by atoms with E-state index in [1.807, 2.05) is 35.2 Å². The number of thiophene rings is 1. The molecule has 1 amide bonds. The van der Waals surface area contributed by atoms with Crippen molar-refractivity contribution in [2.75, 3.05) is 32.7 Å². The monoisotopic (exact) mass is 430 g/mol. The summed E-state index contributed by atoms with van der Waals surface area (Å²) < 4.78 is 0. The van der Waals surface area contributed by atoms with Crippen molar-refractivity contribution >= 4 is 35.7 Å². The fraction of sp³-hybridized carbons (Fsp3) is 0.348. The molecule has 1 fully saturated rings. The van der Waals surface area contributed by atoms with Gasteiger partial charge in [0.1, 0.15) is 5.60 Å². The van der Waals surface area contributed by atoms with Crippen molar-refractivity contribution in [1.82, 2.24) is 9.80 Å². The fourth-order valence-corrected chi connectivity index (χ4v) is 3.75. The predicted molar refractivity (Wildman–Crippen MR) is 123 cm³/mol. The second-order valence-corrected chi connectivity index (χ2v) is 8.46. The third kappa shape index (κ3) is 7.34. The minimum Gasteiger partial charge on any atom is -0.378 e. The molecule has 0 spiro atoms. The van der Waals surface area contributed by atoms with E-state index in [2.05, 4.69) is 41.0 Å². The highest BCUT2D eigenvalue weighted by Gasteiger charge is 2.22. The van der Waals surface area contributed by atoms with Crippen LogP contribution >= 0.6 is 23.7 Å². The number of carbonyl (C=O) groups is 1. The highest BCUT2D eigenvalue weighted by atomic mass is 35.5. The molecule has 3 rings (SSSR count). The van der Waals surface area contributed by atoms with E-state index in [1.165, 1.54) is 16.9 Å². The maximum atomic E-state index is 12.7. The molecule has 0 aliphatic carbocycles. The number of hydrogen-bond acceptors (Lipinski definition) is 4. The van der Waals surface area contributed by atoms with Gasteiger partial charge in [0, 0.05) is 32.7 Å². The molecule has 0 unspecified atom stereocenters. The van der Waals surface area contributed by atoms with Crippen LogP contribution in [-0.4, -0.2) is 59.1 Å². The number of nitrogens with zero attached hydrogens (tertiary/aromatic N) is 2. The summed E-state index contributed by atoms with van der Waals surface area (Å²) in [6.45, 7) is 7.42. The number of piperazine rings is 1. The van der Waals surface area contributed by atoms with Crippen LogP contribution in [0.4, 0.5) is 0 Å². The van der Waals surface area contributed by atoms with Crippen molar-refractivity contribution in [2.24, 2.45) is 0 Å². The number of aliphatic hydroxyl groups is 1. The van der Waals surface area contributed by atoms with E-state index in [1.54, 1.807) is 13.8 Å². The van der Waals surface area contributed by atoms with Gasteiger partial charge in [0.05, 0.1) is 9.75 Å². The average molecular weight is 431 g/mol. The van der Waals surface area contributed by atoms with Gasteiger partial charge in [-0.15, -0.1) is 23.7 Å². The molecule has 1 aromatic carbocycles. The van der Waals surface area contributed by atoms with Crippen molar-refractivity contribution in [3.8, 4) is 11.8 Å². The topological polar surface area (TPSA) is 43.8 Å². The van der Waals surface area contributed by atoms with Crippen molar-refractivity contribution in [1.29, 1.82) is 0 Å². The molecule has 29 heavy (non-hydrogen) atoms. The Hall–Kier alpha value is -2.10. The number of benzene rings is 1. The van der Waals surface area contributed by atoms with E-state index in [9.17, 15) is 9.90 Å². The SMILES string of the molecule is CC(C)(O)C#Cc1ccc(C(=O)N2CCN(C/C=C/c3ccccc3)CC2)s1.Cl. The Morgan fingerprint density at radius 3 is 2.48 bits per heavy atom. The first-order valence-electron chi connectivity index (χ1n) is 9.49. The third-order valence-corrected chi connectivity index (χ3v) is 5.43. The zero-order chi connectivity index (χ0) is 20.0. The molecule has 6 heteroatoms.